The van der Waals surface area contributed by atoms with Crippen LogP contribution < -0.4 is 14.9 Å². The van der Waals surface area contributed by atoms with Gasteiger partial charge in [0.25, 0.3) is 0 Å². The lowest BCUT2D eigenvalue weighted by molar-refractivity contribution is -0.134. The molecule has 5 heteroatoms. The van der Waals surface area contributed by atoms with Crippen molar-refractivity contribution in [3.05, 3.63) is 94.4 Å². The Labute approximate surface area is 238 Å². The topological polar surface area (TPSA) is 65.7 Å². The molecule has 0 saturated heterocycles. The summed E-state index contributed by atoms with van der Waals surface area (Å²) in [6.07, 6.45) is 24.0. The molecule has 0 N–H and O–H groups in total. The van der Waals surface area contributed by atoms with Gasteiger partial charge in [-0.2, -0.15) is 0 Å². The molecule has 0 unspecified atom stereocenters. The molecule has 214 valence electrons. The number of rotatable bonds is 18. The van der Waals surface area contributed by atoms with E-state index in [0.29, 0.717) is 35.1 Å². The lowest BCUT2D eigenvalue weighted by atomic mass is 10.0. The number of unbranched alkanes of at least 4 members (excludes halogenated alkanes) is 9. The van der Waals surface area contributed by atoms with Crippen LogP contribution in [0, 0.1) is 0 Å². The van der Waals surface area contributed by atoms with Gasteiger partial charge in [0, 0.05) is 24.5 Å². The van der Waals surface area contributed by atoms with Gasteiger partial charge < -0.3 is 13.9 Å². The minimum Gasteiger partial charge on any atom is -0.497 e. The molecule has 3 aromatic rings. The highest BCUT2D eigenvalue weighted by Crippen LogP contribution is 2.21. The molecule has 1 aromatic heterocycles. The van der Waals surface area contributed by atoms with Crippen LogP contribution in [-0.2, 0) is 11.2 Å². The van der Waals surface area contributed by atoms with Gasteiger partial charge >= 0.3 is 5.97 Å². The normalized spacial score (nSPS) is 11.6. The van der Waals surface area contributed by atoms with Crippen molar-refractivity contribution >= 4 is 16.9 Å². The van der Waals surface area contributed by atoms with E-state index in [4.69, 9.17) is 13.9 Å². The van der Waals surface area contributed by atoms with Crippen LogP contribution in [0.1, 0.15) is 95.1 Å². The van der Waals surface area contributed by atoms with Crippen molar-refractivity contribution in [1.29, 1.82) is 0 Å². The molecule has 0 aliphatic rings. The fraction of sp³-hybridized carbons (Fsp3) is 0.429. The Kier molecular flexibility index (Phi) is 13.8. The number of fused-ring (bicyclic) bond motifs is 1. The maximum absolute atomic E-state index is 13.0. The van der Waals surface area contributed by atoms with Gasteiger partial charge in [0.1, 0.15) is 17.1 Å². The molecular formula is C35H44O5. The lowest BCUT2D eigenvalue weighted by Gasteiger charge is -2.07. The van der Waals surface area contributed by atoms with Crippen molar-refractivity contribution in [3.63, 3.8) is 0 Å². The van der Waals surface area contributed by atoms with Gasteiger partial charge in [-0.05, 0) is 61.9 Å². The fourth-order valence-corrected chi connectivity index (χ4v) is 4.58. The molecule has 0 amide bonds. The molecule has 0 fully saturated rings. The largest absolute Gasteiger partial charge is 0.497 e. The number of benzene rings is 2. The van der Waals surface area contributed by atoms with Crippen LogP contribution >= 0.6 is 0 Å². The highest BCUT2D eigenvalue weighted by Gasteiger charge is 2.11. The number of methoxy groups -OCH3 is 1. The van der Waals surface area contributed by atoms with Gasteiger partial charge in [-0.3, -0.25) is 9.59 Å². The first-order chi connectivity index (χ1) is 19.6. The van der Waals surface area contributed by atoms with Gasteiger partial charge in [-0.25, -0.2) is 0 Å². The van der Waals surface area contributed by atoms with Crippen LogP contribution in [0.15, 0.2) is 82.2 Å². The van der Waals surface area contributed by atoms with Crippen molar-refractivity contribution in [3.8, 4) is 11.5 Å². The van der Waals surface area contributed by atoms with Gasteiger partial charge in [0.05, 0.1) is 18.8 Å². The summed E-state index contributed by atoms with van der Waals surface area (Å²) in [6.45, 7) is 2.23. The summed E-state index contributed by atoms with van der Waals surface area (Å²) in [7, 11) is 1.62. The van der Waals surface area contributed by atoms with Gasteiger partial charge in [0.15, 0.2) is 5.43 Å². The van der Waals surface area contributed by atoms with E-state index < -0.39 is 0 Å². The summed E-state index contributed by atoms with van der Waals surface area (Å²) >= 11 is 0. The first-order valence-electron chi connectivity index (χ1n) is 14.8. The third-order valence-corrected chi connectivity index (χ3v) is 6.96. The molecule has 0 atom stereocenters. The number of hydrogen-bond donors (Lipinski definition) is 0. The van der Waals surface area contributed by atoms with E-state index in [1.54, 1.807) is 25.3 Å². The maximum Gasteiger partial charge on any atom is 0.311 e. The van der Waals surface area contributed by atoms with Crippen LogP contribution in [-0.4, -0.2) is 13.1 Å². The second-order valence-corrected chi connectivity index (χ2v) is 10.3. The second-order valence-electron chi connectivity index (χ2n) is 10.3. The number of allylic oxidation sites excluding steroid dienone is 4. The maximum atomic E-state index is 13.0. The Morgan fingerprint density at radius 2 is 1.48 bits per heavy atom. The first kappa shape index (κ1) is 30.9. The SMILES string of the molecule is CCCCC/C=C\C=C\CCCCCCCCC(=O)Oc1ccc2c(=O)c(Cc3ccc(OC)cc3)coc2c1. The Balaban J connectivity index is 1.32. The van der Waals surface area contributed by atoms with E-state index in [-0.39, 0.29) is 11.4 Å². The average molecular weight is 545 g/mol. The van der Waals surface area contributed by atoms with E-state index >= 15 is 0 Å². The van der Waals surface area contributed by atoms with Crippen molar-refractivity contribution in [2.75, 3.05) is 7.11 Å². The molecule has 0 radical (unpaired) electrons. The van der Waals surface area contributed by atoms with Crippen molar-refractivity contribution < 1.29 is 18.7 Å². The first-order valence-corrected chi connectivity index (χ1v) is 14.8. The third kappa shape index (κ3) is 10.9. The molecular weight excluding hydrogens is 500 g/mol. The van der Waals surface area contributed by atoms with E-state index in [1.807, 2.05) is 24.3 Å². The predicted octanol–water partition coefficient (Wildman–Crippen LogP) is 9.11. The number of hydrogen-bond acceptors (Lipinski definition) is 5. The highest BCUT2D eigenvalue weighted by atomic mass is 16.5. The monoisotopic (exact) mass is 544 g/mol. The van der Waals surface area contributed by atoms with Crippen molar-refractivity contribution in [1.82, 2.24) is 0 Å². The molecule has 0 saturated carbocycles. The number of carbonyl (C=O) groups is 1. The van der Waals surface area contributed by atoms with Gasteiger partial charge in [-0.15, -0.1) is 0 Å². The van der Waals surface area contributed by atoms with Crippen LogP contribution in [0.25, 0.3) is 11.0 Å². The fourth-order valence-electron chi connectivity index (χ4n) is 4.58. The van der Waals surface area contributed by atoms with Crippen LogP contribution in [0.3, 0.4) is 0 Å². The summed E-state index contributed by atoms with van der Waals surface area (Å²) in [6, 6.07) is 12.5. The Morgan fingerprint density at radius 3 is 2.17 bits per heavy atom. The smallest absolute Gasteiger partial charge is 0.311 e. The average Bonchev–Trinajstić information content (AvgIpc) is 2.97. The summed E-state index contributed by atoms with van der Waals surface area (Å²) in [5.41, 5.74) is 1.89. The Hall–Kier alpha value is -3.60. The Morgan fingerprint density at radius 1 is 0.825 bits per heavy atom. The minimum atomic E-state index is -0.259. The molecule has 0 spiro atoms. The Bertz CT molecular complexity index is 1280. The molecule has 2 aromatic carbocycles. The van der Waals surface area contributed by atoms with E-state index in [1.165, 1.54) is 51.2 Å². The molecule has 0 aliphatic heterocycles. The molecule has 5 nitrogen and oxygen atoms in total. The van der Waals surface area contributed by atoms with E-state index in [9.17, 15) is 9.59 Å². The summed E-state index contributed by atoms with van der Waals surface area (Å²) in [5.74, 6) is 0.908. The molecule has 0 bridgehead atoms. The van der Waals surface area contributed by atoms with Crippen LogP contribution in [0.2, 0.25) is 0 Å². The standard InChI is InChI=1S/C35H44O5/c1-3-4-5-6-7-8-9-10-11-12-13-14-15-16-17-18-34(36)40-31-23-24-32-33(26-31)39-27-29(35(32)37)25-28-19-21-30(38-2)22-20-28/h7-10,19-24,26-27H,3-6,11-18,25H2,1-2H3/b8-7-,10-9+. The quantitative estimate of drug-likeness (QED) is 0.0691. The summed E-state index contributed by atoms with van der Waals surface area (Å²) in [5, 5.41) is 0.472. The lowest BCUT2D eigenvalue weighted by Crippen LogP contribution is -2.10. The van der Waals surface area contributed by atoms with E-state index in [0.717, 1.165) is 37.0 Å². The third-order valence-electron chi connectivity index (χ3n) is 6.96. The summed E-state index contributed by atoms with van der Waals surface area (Å²) < 4.78 is 16.4. The van der Waals surface area contributed by atoms with Gasteiger partial charge in [0.2, 0.25) is 0 Å². The second kappa shape index (κ2) is 17.9. The van der Waals surface area contributed by atoms with Crippen LogP contribution in [0.4, 0.5) is 0 Å². The minimum absolute atomic E-state index is 0.0828. The molecule has 1 heterocycles. The van der Waals surface area contributed by atoms with Crippen molar-refractivity contribution in [2.45, 2.75) is 90.4 Å². The highest BCUT2D eigenvalue weighted by molar-refractivity contribution is 5.80. The number of esters is 1. The molecule has 3 rings (SSSR count). The zero-order chi connectivity index (χ0) is 28.4. The van der Waals surface area contributed by atoms with E-state index in [2.05, 4.69) is 31.2 Å². The zero-order valence-corrected chi connectivity index (χ0v) is 24.2. The predicted molar refractivity (Wildman–Crippen MR) is 163 cm³/mol. The zero-order valence-electron chi connectivity index (χ0n) is 24.2. The molecule has 40 heavy (non-hydrogen) atoms. The number of ether oxygens (including phenoxy) is 2. The van der Waals surface area contributed by atoms with Gasteiger partial charge in [-0.1, -0.05) is 81.9 Å². The molecule has 0 aliphatic carbocycles. The number of carbonyl (C=O) groups excluding carboxylic acids is 1. The summed E-state index contributed by atoms with van der Waals surface area (Å²) in [4.78, 5) is 25.3. The van der Waals surface area contributed by atoms with Crippen LogP contribution in [0.5, 0.6) is 11.5 Å². The van der Waals surface area contributed by atoms with Crippen molar-refractivity contribution in [2.24, 2.45) is 0 Å².